The van der Waals surface area contributed by atoms with Crippen LogP contribution in [0.4, 0.5) is 23.7 Å². The van der Waals surface area contributed by atoms with Crippen molar-refractivity contribution in [2.24, 2.45) is 0 Å². The van der Waals surface area contributed by atoms with Crippen LogP contribution in [0.2, 0.25) is 0 Å². The highest BCUT2D eigenvalue weighted by Crippen LogP contribution is 2.38. The quantitative estimate of drug-likeness (QED) is 0.186. The number of hydrogen-bond donors (Lipinski definition) is 3. The molecule has 0 saturated carbocycles. The van der Waals surface area contributed by atoms with Crippen LogP contribution < -0.4 is 10.6 Å². The lowest BCUT2D eigenvalue weighted by atomic mass is 9.91. The Morgan fingerprint density at radius 3 is 2.37 bits per heavy atom. The standard InChI is InChI=1S/C21H16F3N3O10S/c1-9-2-3-11(6-12(9)18(29)30)19(31)37-38(35,36)8-13(16-17(28)26-20(32)25-16)10-4-5-15(27(33)34)14(7-10)21(22,23)24/h2-7,13,16H,8H2,1H3,(H,29,30)(H2,25,26,28,32). The number of aromatic carboxylic acids is 1. The van der Waals surface area contributed by atoms with Crippen molar-refractivity contribution in [3.05, 3.63) is 74.3 Å². The zero-order chi connectivity index (χ0) is 28.6. The maximum absolute atomic E-state index is 13.5. The normalized spacial score (nSPS) is 16.4. The Morgan fingerprint density at radius 1 is 1.18 bits per heavy atom. The molecule has 3 N–H and O–H groups in total. The fourth-order valence-corrected chi connectivity index (χ4v) is 4.89. The van der Waals surface area contributed by atoms with E-state index in [1.165, 1.54) is 13.0 Å². The van der Waals surface area contributed by atoms with Crippen molar-refractivity contribution in [2.45, 2.75) is 25.1 Å². The number of nitrogens with zero attached hydrogens (tertiary/aromatic N) is 1. The van der Waals surface area contributed by atoms with E-state index < -0.39 is 85.2 Å². The van der Waals surface area contributed by atoms with Gasteiger partial charge in [0.25, 0.3) is 11.6 Å². The van der Waals surface area contributed by atoms with Crippen LogP contribution in [0.1, 0.15) is 43.3 Å². The van der Waals surface area contributed by atoms with Crippen LogP contribution in [0.15, 0.2) is 36.4 Å². The number of carbonyl (C=O) groups is 4. The first-order valence-electron chi connectivity index (χ1n) is 10.3. The van der Waals surface area contributed by atoms with Crippen molar-refractivity contribution in [2.75, 3.05) is 5.75 Å². The number of hydrogen-bond acceptors (Lipinski definition) is 9. The molecule has 1 aliphatic heterocycles. The van der Waals surface area contributed by atoms with Gasteiger partial charge >= 0.3 is 34.3 Å². The minimum Gasteiger partial charge on any atom is -0.478 e. The first-order chi connectivity index (χ1) is 17.5. The number of alkyl halides is 3. The van der Waals surface area contributed by atoms with Crippen molar-refractivity contribution >= 4 is 39.7 Å². The maximum atomic E-state index is 13.5. The topological polar surface area (TPSA) is 199 Å². The lowest BCUT2D eigenvalue weighted by Gasteiger charge is -2.22. The van der Waals surface area contributed by atoms with Gasteiger partial charge < -0.3 is 14.6 Å². The number of rotatable bonds is 8. The van der Waals surface area contributed by atoms with Gasteiger partial charge in [-0.3, -0.25) is 20.2 Å². The van der Waals surface area contributed by atoms with Gasteiger partial charge in [0.05, 0.1) is 21.8 Å². The van der Waals surface area contributed by atoms with Gasteiger partial charge in [-0.2, -0.15) is 21.6 Å². The van der Waals surface area contributed by atoms with Gasteiger partial charge in [-0.25, -0.2) is 14.4 Å². The van der Waals surface area contributed by atoms with E-state index in [1.807, 2.05) is 5.32 Å². The summed E-state index contributed by atoms with van der Waals surface area (Å²) in [6.07, 6.45) is -5.25. The molecule has 2 atom stereocenters. The number of nitrogens with one attached hydrogen (secondary N) is 2. The molecule has 3 rings (SSSR count). The molecule has 2 unspecified atom stereocenters. The van der Waals surface area contributed by atoms with E-state index in [0.717, 1.165) is 18.2 Å². The van der Waals surface area contributed by atoms with Crippen LogP contribution in [0.3, 0.4) is 0 Å². The number of carboxylic acid groups (broad SMARTS) is 1. The Bertz CT molecular complexity index is 1470. The van der Waals surface area contributed by atoms with E-state index in [9.17, 15) is 56.0 Å². The lowest BCUT2D eigenvalue weighted by molar-refractivity contribution is -0.388. The number of benzene rings is 2. The highest BCUT2D eigenvalue weighted by atomic mass is 32.2. The third-order valence-corrected chi connectivity index (χ3v) is 6.62. The van der Waals surface area contributed by atoms with Gasteiger partial charge in [-0.15, -0.1) is 0 Å². The molecule has 3 amide bonds. The summed E-state index contributed by atoms with van der Waals surface area (Å²) in [5, 5.41) is 24.1. The van der Waals surface area contributed by atoms with Crippen LogP contribution in [0.25, 0.3) is 0 Å². The summed E-state index contributed by atoms with van der Waals surface area (Å²) < 4.78 is 70.5. The van der Waals surface area contributed by atoms with Gasteiger partial charge in [0.15, 0.2) is 0 Å². The van der Waals surface area contributed by atoms with Crippen LogP contribution in [-0.2, 0) is 25.3 Å². The molecule has 1 aliphatic rings. The Labute approximate surface area is 210 Å². The number of carboxylic acids is 1. The van der Waals surface area contributed by atoms with E-state index in [4.69, 9.17) is 0 Å². The molecule has 2 aromatic rings. The molecular weight excluding hydrogens is 543 g/mol. The molecule has 1 fully saturated rings. The van der Waals surface area contributed by atoms with Gasteiger partial charge in [0.2, 0.25) is 0 Å². The summed E-state index contributed by atoms with van der Waals surface area (Å²) in [6, 6.07) is 1.79. The Balaban J connectivity index is 2.01. The number of carbonyl (C=O) groups excluding carboxylic acids is 3. The van der Waals surface area contributed by atoms with E-state index in [-0.39, 0.29) is 17.2 Å². The van der Waals surface area contributed by atoms with E-state index in [1.54, 1.807) is 5.32 Å². The molecule has 202 valence electrons. The molecule has 1 saturated heterocycles. The van der Waals surface area contributed by atoms with Crippen molar-refractivity contribution < 1.29 is 55.0 Å². The molecule has 13 nitrogen and oxygen atoms in total. The van der Waals surface area contributed by atoms with E-state index in [0.29, 0.717) is 6.07 Å². The number of nitro benzene ring substituents is 1. The number of urea groups is 1. The largest absolute Gasteiger partial charge is 0.478 e. The molecule has 17 heteroatoms. The highest BCUT2D eigenvalue weighted by molar-refractivity contribution is 7.87. The fraction of sp³-hybridized carbons (Fsp3) is 0.238. The third kappa shape index (κ3) is 6.05. The van der Waals surface area contributed by atoms with Crippen molar-refractivity contribution in [1.82, 2.24) is 10.6 Å². The van der Waals surface area contributed by atoms with Crippen LogP contribution >= 0.6 is 0 Å². The average Bonchev–Trinajstić information content (AvgIpc) is 3.13. The zero-order valence-electron chi connectivity index (χ0n) is 18.9. The second kappa shape index (κ2) is 10.1. The van der Waals surface area contributed by atoms with Gasteiger partial charge in [0, 0.05) is 12.0 Å². The minimum absolute atomic E-state index is 0.249. The lowest BCUT2D eigenvalue weighted by Crippen LogP contribution is -2.39. The molecule has 38 heavy (non-hydrogen) atoms. The number of imide groups is 1. The Hall–Kier alpha value is -4.54. The van der Waals surface area contributed by atoms with Gasteiger partial charge in [-0.1, -0.05) is 12.1 Å². The highest BCUT2D eigenvalue weighted by Gasteiger charge is 2.43. The first kappa shape index (κ1) is 28.0. The van der Waals surface area contributed by atoms with E-state index in [2.05, 4.69) is 4.18 Å². The molecule has 1 heterocycles. The predicted octanol–water partition coefficient (Wildman–Crippen LogP) is 2.10. The zero-order valence-corrected chi connectivity index (χ0v) is 19.8. The SMILES string of the molecule is Cc1ccc(C(=O)OS(=O)(=O)CC(c2ccc([N+](=O)[O-])c(C(F)(F)F)c2)C2NC(=O)NC2=O)cc1C(=O)O. The number of nitro groups is 1. The second-order valence-electron chi connectivity index (χ2n) is 8.01. The predicted molar refractivity (Wildman–Crippen MR) is 119 cm³/mol. The summed E-state index contributed by atoms with van der Waals surface area (Å²) in [7, 11) is -5.02. The minimum atomic E-state index is -5.25. The second-order valence-corrected chi connectivity index (χ2v) is 9.62. The summed E-state index contributed by atoms with van der Waals surface area (Å²) in [4.78, 5) is 57.3. The fourth-order valence-electron chi connectivity index (χ4n) is 3.67. The summed E-state index contributed by atoms with van der Waals surface area (Å²) in [6.45, 7) is 1.42. The summed E-state index contributed by atoms with van der Waals surface area (Å²) in [5.41, 5.74) is -4.19. The Kier molecular flexibility index (Phi) is 7.44. The van der Waals surface area contributed by atoms with Crippen molar-refractivity contribution in [3.8, 4) is 0 Å². The molecule has 0 aromatic heterocycles. The van der Waals surface area contributed by atoms with Crippen LogP contribution in [-0.4, -0.2) is 54.1 Å². The number of aryl methyl sites for hydroxylation is 1. The first-order valence-corrected chi connectivity index (χ1v) is 11.8. The monoisotopic (exact) mass is 559 g/mol. The van der Waals surface area contributed by atoms with Crippen LogP contribution in [0, 0.1) is 17.0 Å². The van der Waals surface area contributed by atoms with Gasteiger partial charge in [-0.05, 0) is 36.2 Å². The Morgan fingerprint density at radius 2 is 1.84 bits per heavy atom. The average molecular weight is 559 g/mol. The molecule has 0 bridgehead atoms. The molecule has 2 aromatic carbocycles. The van der Waals surface area contributed by atoms with E-state index >= 15 is 0 Å². The smallest absolute Gasteiger partial charge is 0.423 e. The molecule has 0 radical (unpaired) electrons. The third-order valence-electron chi connectivity index (χ3n) is 5.45. The van der Waals surface area contributed by atoms with Crippen molar-refractivity contribution in [1.29, 1.82) is 0 Å². The molecule has 0 aliphatic carbocycles. The van der Waals surface area contributed by atoms with Crippen LogP contribution in [0.5, 0.6) is 0 Å². The van der Waals surface area contributed by atoms with Crippen molar-refractivity contribution in [3.63, 3.8) is 0 Å². The summed E-state index contributed by atoms with van der Waals surface area (Å²) >= 11 is 0. The summed E-state index contributed by atoms with van der Waals surface area (Å²) in [5.74, 6) is -7.18. The number of halogens is 3. The molecular formula is C21H16F3N3O10S. The molecule has 0 spiro atoms. The maximum Gasteiger partial charge on any atom is 0.423 e. The van der Waals surface area contributed by atoms with Gasteiger partial charge in [0.1, 0.15) is 11.6 Å². The number of amides is 3.